The Hall–Kier alpha value is -1.05. The second-order valence-corrected chi connectivity index (χ2v) is 3.38. The smallest absolute Gasteiger partial charge is 0.226 e. The molecule has 0 radical (unpaired) electrons. The molecule has 0 aromatic rings. The predicted octanol–water partition coefficient (Wildman–Crippen LogP) is 1.89. The molecule has 0 fully saturated rings. The fraction of sp³-hybridized carbons (Fsp3) is 0.500. The van der Waals surface area contributed by atoms with Gasteiger partial charge in [-0.3, -0.25) is 4.79 Å². The van der Waals surface area contributed by atoms with Crippen molar-refractivity contribution >= 4 is 5.91 Å². The highest BCUT2D eigenvalue weighted by Gasteiger charge is 2.24. The quantitative estimate of drug-likeness (QED) is 0.622. The minimum atomic E-state index is -0.356. The molecule has 0 heterocycles. The summed E-state index contributed by atoms with van der Waals surface area (Å²) in [6.45, 7) is 11.5. The lowest BCUT2D eigenvalue weighted by molar-refractivity contribution is -0.128. The third-order valence-corrected chi connectivity index (χ3v) is 1.68. The Balaban J connectivity index is 4.04. The van der Waals surface area contributed by atoms with Crippen LogP contribution in [0.3, 0.4) is 0 Å². The van der Waals surface area contributed by atoms with Crippen molar-refractivity contribution in [2.45, 2.75) is 20.3 Å². The third-order valence-electron chi connectivity index (χ3n) is 1.68. The first kappa shape index (κ1) is 11.0. The van der Waals surface area contributed by atoms with Crippen LogP contribution in [0, 0.1) is 5.41 Å². The lowest BCUT2D eigenvalue weighted by Gasteiger charge is -2.21. The van der Waals surface area contributed by atoms with E-state index in [4.69, 9.17) is 0 Å². The fourth-order valence-corrected chi connectivity index (χ4v) is 0.858. The van der Waals surface area contributed by atoms with E-state index in [1.54, 1.807) is 12.2 Å². The van der Waals surface area contributed by atoms with Gasteiger partial charge in [-0.1, -0.05) is 26.0 Å². The van der Waals surface area contributed by atoms with E-state index in [2.05, 4.69) is 18.5 Å². The molecule has 0 aromatic carbocycles. The summed E-state index contributed by atoms with van der Waals surface area (Å²) in [7, 11) is 0. The van der Waals surface area contributed by atoms with Crippen LogP contribution in [-0.4, -0.2) is 12.5 Å². The van der Waals surface area contributed by atoms with E-state index < -0.39 is 0 Å². The van der Waals surface area contributed by atoms with Crippen molar-refractivity contribution in [1.29, 1.82) is 0 Å². The molecule has 2 heteroatoms. The van der Waals surface area contributed by atoms with E-state index in [9.17, 15) is 4.79 Å². The van der Waals surface area contributed by atoms with Crippen LogP contribution < -0.4 is 5.32 Å². The molecule has 2 nitrogen and oxygen atoms in total. The van der Waals surface area contributed by atoms with Crippen LogP contribution >= 0.6 is 0 Å². The average molecular weight is 167 g/mol. The maximum Gasteiger partial charge on any atom is 0.226 e. The second-order valence-electron chi connectivity index (χ2n) is 3.38. The van der Waals surface area contributed by atoms with Crippen molar-refractivity contribution in [1.82, 2.24) is 5.32 Å². The van der Waals surface area contributed by atoms with Gasteiger partial charge >= 0.3 is 0 Å². The van der Waals surface area contributed by atoms with Crippen molar-refractivity contribution in [2.24, 2.45) is 5.41 Å². The first-order chi connectivity index (χ1) is 5.54. The van der Waals surface area contributed by atoms with E-state index in [1.165, 1.54) is 0 Å². The molecule has 1 amide bonds. The van der Waals surface area contributed by atoms with E-state index in [1.807, 2.05) is 13.8 Å². The van der Waals surface area contributed by atoms with Crippen molar-refractivity contribution in [2.75, 3.05) is 6.54 Å². The van der Waals surface area contributed by atoms with Gasteiger partial charge in [-0.15, -0.1) is 13.2 Å². The summed E-state index contributed by atoms with van der Waals surface area (Å²) in [4.78, 5) is 11.4. The first-order valence-corrected chi connectivity index (χ1v) is 4.04. The Morgan fingerprint density at radius 3 is 2.42 bits per heavy atom. The monoisotopic (exact) mass is 167 g/mol. The number of allylic oxidation sites excluding steroid dienone is 1. The van der Waals surface area contributed by atoms with E-state index in [0.717, 1.165) is 0 Å². The third kappa shape index (κ3) is 3.37. The lowest BCUT2D eigenvalue weighted by atomic mass is 9.88. The molecular weight excluding hydrogens is 150 g/mol. The number of carbonyl (C=O) groups is 1. The van der Waals surface area contributed by atoms with Gasteiger partial charge in [0.2, 0.25) is 5.91 Å². The maximum absolute atomic E-state index is 11.4. The molecule has 12 heavy (non-hydrogen) atoms. The van der Waals surface area contributed by atoms with Crippen molar-refractivity contribution in [3.63, 3.8) is 0 Å². The topological polar surface area (TPSA) is 29.1 Å². The Morgan fingerprint density at radius 1 is 1.42 bits per heavy atom. The van der Waals surface area contributed by atoms with Crippen LogP contribution in [0.2, 0.25) is 0 Å². The molecule has 0 saturated heterocycles. The van der Waals surface area contributed by atoms with Gasteiger partial charge in [0.1, 0.15) is 0 Å². The van der Waals surface area contributed by atoms with Crippen LogP contribution in [0.25, 0.3) is 0 Å². The molecule has 0 aliphatic heterocycles. The summed E-state index contributed by atoms with van der Waals surface area (Å²) in [6.07, 6.45) is 4.12. The van der Waals surface area contributed by atoms with Gasteiger partial charge < -0.3 is 5.32 Å². The minimum absolute atomic E-state index is 0.0438. The number of hydrogen-bond donors (Lipinski definition) is 1. The summed E-state index contributed by atoms with van der Waals surface area (Å²) in [5.41, 5.74) is -0.356. The van der Waals surface area contributed by atoms with Crippen LogP contribution in [0.5, 0.6) is 0 Å². The molecule has 1 N–H and O–H groups in total. The lowest BCUT2D eigenvalue weighted by Crippen LogP contribution is -2.36. The van der Waals surface area contributed by atoms with E-state index in [0.29, 0.717) is 13.0 Å². The fourth-order valence-electron chi connectivity index (χ4n) is 0.858. The zero-order chi connectivity index (χ0) is 9.61. The molecule has 0 bridgehead atoms. The number of hydrogen-bond acceptors (Lipinski definition) is 1. The largest absolute Gasteiger partial charge is 0.352 e. The van der Waals surface area contributed by atoms with Gasteiger partial charge in [0.25, 0.3) is 0 Å². The minimum Gasteiger partial charge on any atom is -0.352 e. The highest BCUT2D eigenvalue weighted by atomic mass is 16.2. The highest BCUT2D eigenvalue weighted by molar-refractivity contribution is 5.82. The van der Waals surface area contributed by atoms with Gasteiger partial charge in [-0.2, -0.15) is 0 Å². The zero-order valence-corrected chi connectivity index (χ0v) is 7.89. The van der Waals surface area contributed by atoms with Crippen molar-refractivity contribution in [3.8, 4) is 0 Å². The summed E-state index contributed by atoms with van der Waals surface area (Å²) in [5.74, 6) is 0.0438. The van der Waals surface area contributed by atoms with Gasteiger partial charge in [0.05, 0.1) is 0 Å². The van der Waals surface area contributed by atoms with Gasteiger partial charge in [-0.05, 0) is 6.42 Å². The molecule has 0 aliphatic rings. The van der Waals surface area contributed by atoms with Crippen LogP contribution in [0.15, 0.2) is 25.3 Å². The second kappa shape index (κ2) is 4.75. The van der Waals surface area contributed by atoms with E-state index in [-0.39, 0.29) is 11.3 Å². The van der Waals surface area contributed by atoms with Crippen LogP contribution in [0.4, 0.5) is 0 Å². The van der Waals surface area contributed by atoms with Crippen LogP contribution in [0.1, 0.15) is 20.3 Å². The number of nitrogens with one attached hydrogen (secondary N) is 1. The number of amides is 1. The van der Waals surface area contributed by atoms with E-state index >= 15 is 0 Å². The number of carbonyl (C=O) groups excluding carboxylic acids is 1. The molecule has 0 aromatic heterocycles. The molecule has 0 rings (SSSR count). The zero-order valence-electron chi connectivity index (χ0n) is 7.89. The highest BCUT2D eigenvalue weighted by Crippen LogP contribution is 2.20. The van der Waals surface area contributed by atoms with Gasteiger partial charge in [-0.25, -0.2) is 0 Å². The Bertz CT molecular complexity index is 182. The van der Waals surface area contributed by atoms with Crippen LogP contribution in [-0.2, 0) is 4.79 Å². The molecule has 0 saturated carbocycles. The SMILES string of the molecule is C=CCNC(=O)C(C)(C)CC=C. The Kier molecular flexibility index (Phi) is 4.34. The molecule has 0 unspecified atom stereocenters. The summed E-state index contributed by atoms with van der Waals surface area (Å²) < 4.78 is 0. The summed E-state index contributed by atoms with van der Waals surface area (Å²) in [5, 5.41) is 2.75. The molecule has 0 atom stereocenters. The predicted molar refractivity (Wildman–Crippen MR) is 51.8 cm³/mol. The summed E-state index contributed by atoms with van der Waals surface area (Å²) >= 11 is 0. The van der Waals surface area contributed by atoms with Crippen molar-refractivity contribution in [3.05, 3.63) is 25.3 Å². The molecule has 0 spiro atoms. The first-order valence-electron chi connectivity index (χ1n) is 4.04. The molecule has 68 valence electrons. The number of rotatable bonds is 5. The average Bonchev–Trinajstić information content (AvgIpc) is 2.00. The maximum atomic E-state index is 11.4. The summed E-state index contributed by atoms with van der Waals surface area (Å²) in [6, 6.07) is 0. The van der Waals surface area contributed by atoms with Crippen molar-refractivity contribution < 1.29 is 4.79 Å². The normalized spacial score (nSPS) is 10.5. The standard InChI is InChI=1S/C10H17NO/c1-5-7-10(3,4)9(12)11-8-6-2/h5-6H,1-2,7-8H2,3-4H3,(H,11,12). The Labute approximate surface area is 74.4 Å². The Morgan fingerprint density at radius 2 is 2.00 bits per heavy atom. The van der Waals surface area contributed by atoms with Gasteiger partial charge in [0.15, 0.2) is 0 Å². The molecular formula is C10H17NO. The molecule has 0 aliphatic carbocycles. The van der Waals surface area contributed by atoms with Gasteiger partial charge in [0, 0.05) is 12.0 Å².